The number of aryl methyl sites for hydroxylation is 1. The highest BCUT2D eigenvalue weighted by atomic mass is 16.3. The first kappa shape index (κ1) is 16.8. The van der Waals surface area contributed by atoms with Gasteiger partial charge in [0.1, 0.15) is 0 Å². The molecule has 2 heterocycles. The first-order valence-electron chi connectivity index (χ1n) is 8.91. The summed E-state index contributed by atoms with van der Waals surface area (Å²) in [5, 5.41) is 17.1. The van der Waals surface area contributed by atoms with Gasteiger partial charge in [-0.25, -0.2) is 0 Å². The highest BCUT2D eigenvalue weighted by molar-refractivity contribution is 5.55. The Morgan fingerprint density at radius 3 is 2.46 bits per heavy atom. The maximum atomic E-state index is 9.11. The van der Waals surface area contributed by atoms with Crippen LogP contribution in [-0.4, -0.2) is 34.6 Å². The molecule has 130 valence electrons. The summed E-state index contributed by atoms with van der Waals surface area (Å²) in [6, 6.07) is 8.74. The fourth-order valence-electron chi connectivity index (χ4n) is 3.43. The Bertz CT molecular complexity index is 657. The van der Waals surface area contributed by atoms with Crippen LogP contribution in [0.15, 0.2) is 24.3 Å². The smallest absolute Gasteiger partial charge is 0.0646 e. The molecule has 0 radical (unpaired) electrons. The standard InChI is InChI=1S/C19H28N4O/c1-15-19(16(2)23(21-15)12-13-24)14-20-17-6-8-18(9-7-17)22-10-4-3-5-11-22/h6-9,20,24H,3-5,10-14H2,1-2H3. The number of rotatable bonds is 6. The van der Waals surface area contributed by atoms with Crippen LogP contribution in [0.5, 0.6) is 0 Å². The summed E-state index contributed by atoms with van der Waals surface area (Å²) in [6.45, 7) is 7.87. The number of aliphatic hydroxyl groups excluding tert-OH is 1. The maximum Gasteiger partial charge on any atom is 0.0646 e. The summed E-state index contributed by atoms with van der Waals surface area (Å²) >= 11 is 0. The summed E-state index contributed by atoms with van der Waals surface area (Å²) in [4.78, 5) is 2.47. The van der Waals surface area contributed by atoms with Gasteiger partial charge in [-0.3, -0.25) is 4.68 Å². The number of hydrogen-bond acceptors (Lipinski definition) is 4. The van der Waals surface area contributed by atoms with E-state index in [0.29, 0.717) is 6.54 Å². The van der Waals surface area contributed by atoms with E-state index in [1.54, 1.807) is 0 Å². The molecule has 1 aliphatic heterocycles. The Hall–Kier alpha value is -2.01. The summed E-state index contributed by atoms with van der Waals surface area (Å²) < 4.78 is 1.88. The van der Waals surface area contributed by atoms with Crippen molar-refractivity contribution >= 4 is 11.4 Å². The van der Waals surface area contributed by atoms with E-state index in [1.165, 1.54) is 43.6 Å². The molecular weight excluding hydrogens is 300 g/mol. The third-order valence-corrected chi connectivity index (χ3v) is 4.90. The molecule has 1 aromatic heterocycles. The number of piperidine rings is 1. The molecule has 1 aromatic carbocycles. The van der Waals surface area contributed by atoms with Gasteiger partial charge < -0.3 is 15.3 Å². The maximum absolute atomic E-state index is 9.11. The second kappa shape index (κ2) is 7.71. The summed E-state index contributed by atoms with van der Waals surface area (Å²) in [6.07, 6.45) is 3.96. The van der Waals surface area contributed by atoms with Crippen molar-refractivity contribution in [2.75, 3.05) is 29.9 Å². The van der Waals surface area contributed by atoms with E-state index in [9.17, 15) is 0 Å². The lowest BCUT2D eigenvalue weighted by molar-refractivity contribution is 0.268. The zero-order valence-electron chi connectivity index (χ0n) is 14.8. The molecule has 3 rings (SSSR count). The minimum absolute atomic E-state index is 0.118. The average molecular weight is 328 g/mol. The molecule has 0 aliphatic carbocycles. The van der Waals surface area contributed by atoms with Crippen LogP contribution in [0.4, 0.5) is 11.4 Å². The van der Waals surface area contributed by atoms with Gasteiger partial charge in [-0.15, -0.1) is 0 Å². The van der Waals surface area contributed by atoms with Crippen LogP contribution in [0.1, 0.15) is 36.2 Å². The van der Waals surface area contributed by atoms with Gasteiger partial charge in [0.05, 0.1) is 18.8 Å². The van der Waals surface area contributed by atoms with E-state index in [1.807, 2.05) is 11.6 Å². The van der Waals surface area contributed by atoms with Gasteiger partial charge in [0.15, 0.2) is 0 Å². The van der Waals surface area contributed by atoms with Crippen molar-refractivity contribution in [3.05, 3.63) is 41.2 Å². The van der Waals surface area contributed by atoms with Gasteiger partial charge in [-0.05, 0) is 57.4 Å². The van der Waals surface area contributed by atoms with Crippen LogP contribution in [0.25, 0.3) is 0 Å². The van der Waals surface area contributed by atoms with Gasteiger partial charge in [0.2, 0.25) is 0 Å². The van der Waals surface area contributed by atoms with Gasteiger partial charge in [0.25, 0.3) is 0 Å². The van der Waals surface area contributed by atoms with Crippen molar-refractivity contribution < 1.29 is 5.11 Å². The molecule has 2 N–H and O–H groups in total. The number of hydrogen-bond donors (Lipinski definition) is 2. The zero-order valence-corrected chi connectivity index (χ0v) is 14.8. The van der Waals surface area contributed by atoms with E-state index < -0.39 is 0 Å². The van der Waals surface area contributed by atoms with Crippen LogP contribution in [0.3, 0.4) is 0 Å². The molecule has 1 fully saturated rings. The number of nitrogens with one attached hydrogen (secondary N) is 1. The first-order chi connectivity index (χ1) is 11.7. The third-order valence-electron chi connectivity index (χ3n) is 4.90. The zero-order chi connectivity index (χ0) is 16.9. The topological polar surface area (TPSA) is 53.3 Å². The number of nitrogens with zero attached hydrogens (tertiary/aromatic N) is 3. The van der Waals surface area contributed by atoms with Crippen LogP contribution in [0.2, 0.25) is 0 Å². The Labute approximate surface area is 144 Å². The molecular formula is C19H28N4O. The highest BCUT2D eigenvalue weighted by Gasteiger charge is 2.12. The number of anilines is 2. The number of benzene rings is 1. The van der Waals surface area contributed by atoms with Crippen molar-refractivity contribution in [1.29, 1.82) is 0 Å². The third kappa shape index (κ3) is 3.73. The van der Waals surface area contributed by atoms with Crippen molar-refractivity contribution in [1.82, 2.24) is 9.78 Å². The first-order valence-corrected chi connectivity index (χ1v) is 8.91. The van der Waals surface area contributed by atoms with E-state index >= 15 is 0 Å². The molecule has 0 unspecified atom stereocenters. The van der Waals surface area contributed by atoms with E-state index in [4.69, 9.17) is 5.11 Å². The molecule has 0 atom stereocenters. The molecule has 2 aromatic rings. The lowest BCUT2D eigenvalue weighted by Gasteiger charge is -2.28. The Balaban J connectivity index is 1.62. The van der Waals surface area contributed by atoms with Crippen LogP contribution in [-0.2, 0) is 13.1 Å². The van der Waals surface area contributed by atoms with Gasteiger partial charge in [0, 0.05) is 42.3 Å². The Kier molecular flexibility index (Phi) is 5.41. The molecule has 0 spiro atoms. The lowest BCUT2D eigenvalue weighted by atomic mass is 10.1. The normalized spacial score (nSPS) is 14.9. The van der Waals surface area contributed by atoms with Crippen molar-refractivity contribution in [3.8, 4) is 0 Å². The lowest BCUT2D eigenvalue weighted by Crippen LogP contribution is -2.29. The van der Waals surface area contributed by atoms with Crippen LogP contribution >= 0.6 is 0 Å². The minimum Gasteiger partial charge on any atom is -0.394 e. The fraction of sp³-hybridized carbons (Fsp3) is 0.526. The van der Waals surface area contributed by atoms with Crippen molar-refractivity contribution in [2.45, 2.75) is 46.2 Å². The number of aromatic nitrogens is 2. The fourth-order valence-corrected chi connectivity index (χ4v) is 3.43. The van der Waals surface area contributed by atoms with E-state index in [2.05, 4.69) is 46.5 Å². The van der Waals surface area contributed by atoms with Gasteiger partial charge in [-0.1, -0.05) is 0 Å². The van der Waals surface area contributed by atoms with Crippen LogP contribution in [0, 0.1) is 13.8 Å². The molecule has 1 saturated heterocycles. The molecule has 0 saturated carbocycles. The predicted octanol–water partition coefficient (Wildman–Crippen LogP) is 3.09. The number of aliphatic hydroxyl groups is 1. The second-order valence-corrected chi connectivity index (χ2v) is 6.54. The molecule has 5 heteroatoms. The monoisotopic (exact) mass is 328 g/mol. The SMILES string of the molecule is Cc1nn(CCO)c(C)c1CNc1ccc(N2CCCCC2)cc1. The average Bonchev–Trinajstić information content (AvgIpc) is 2.88. The molecule has 0 bridgehead atoms. The highest BCUT2D eigenvalue weighted by Crippen LogP contribution is 2.22. The molecule has 5 nitrogen and oxygen atoms in total. The minimum atomic E-state index is 0.118. The van der Waals surface area contributed by atoms with E-state index in [0.717, 1.165) is 23.6 Å². The van der Waals surface area contributed by atoms with Crippen molar-refractivity contribution in [3.63, 3.8) is 0 Å². The second-order valence-electron chi connectivity index (χ2n) is 6.54. The van der Waals surface area contributed by atoms with Gasteiger partial charge >= 0.3 is 0 Å². The van der Waals surface area contributed by atoms with E-state index in [-0.39, 0.29) is 6.61 Å². The Morgan fingerprint density at radius 2 is 1.79 bits per heavy atom. The quantitative estimate of drug-likeness (QED) is 0.855. The summed E-state index contributed by atoms with van der Waals surface area (Å²) in [7, 11) is 0. The Morgan fingerprint density at radius 1 is 1.08 bits per heavy atom. The largest absolute Gasteiger partial charge is 0.394 e. The van der Waals surface area contributed by atoms with Crippen LogP contribution < -0.4 is 10.2 Å². The van der Waals surface area contributed by atoms with Crippen molar-refractivity contribution in [2.24, 2.45) is 0 Å². The molecule has 0 amide bonds. The molecule has 24 heavy (non-hydrogen) atoms. The predicted molar refractivity (Wildman–Crippen MR) is 98.6 cm³/mol. The van der Waals surface area contributed by atoms with Gasteiger partial charge in [-0.2, -0.15) is 5.10 Å². The molecule has 1 aliphatic rings. The summed E-state index contributed by atoms with van der Waals surface area (Å²) in [5.74, 6) is 0. The summed E-state index contributed by atoms with van der Waals surface area (Å²) in [5.41, 5.74) is 5.81.